The van der Waals surface area contributed by atoms with Crippen LogP contribution in [0.25, 0.3) is 33.4 Å². The van der Waals surface area contributed by atoms with E-state index >= 15 is 0 Å². The second kappa shape index (κ2) is 20.4. The van der Waals surface area contributed by atoms with Gasteiger partial charge in [0, 0.05) is 73.1 Å². The molecular weight excluding hydrogens is 1050 g/mol. The van der Waals surface area contributed by atoms with Crippen LogP contribution in [0, 0.1) is 27.4 Å². The molecule has 0 aromatic heterocycles. The number of aryl methyl sites for hydroxylation is 4. The van der Waals surface area contributed by atoms with Crippen molar-refractivity contribution in [2.75, 3.05) is 14.7 Å². The van der Waals surface area contributed by atoms with Crippen LogP contribution in [0.3, 0.4) is 0 Å². The minimum absolute atomic E-state index is 0.0473. The summed E-state index contributed by atoms with van der Waals surface area (Å²) in [5.74, 6) is 0. The molecule has 10 aromatic rings. The van der Waals surface area contributed by atoms with Crippen molar-refractivity contribution in [2.45, 2.75) is 151 Å². The zero-order chi connectivity index (χ0) is 71.6. The van der Waals surface area contributed by atoms with E-state index in [4.69, 9.17) is 16.4 Å². The average Bonchev–Trinajstić information content (AvgIpc) is 1.03. The lowest BCUT2D eigenvalue weighted by atomic mass is 9.33. The zero-order valence-corrected chi connectivity index (χ0v) is 52.9. The first-order chi connectivity index (χ1) is 45.9. The predicted molar refractivity (Wildman–Crippen MR) is 377 cm³/mol. The molecule has 13 rings (SSSR count). The molecule has 2 aliphatic heterocycles. The van der Waals surface area contributed by atoms with Crippen LogP contribution in [-0.4, -0.2) is 6.71 Å². The topological polar surface area (TPSA) is 9.72 Å². The maximum atomic E-state index is 8.92. The van der Waals surface area contributed by atoms with Gasteiger partial charge in [0.05, 0.1) is 0 Å². The Labute approximate surface area is 537 Å². The van der Waals surface area contributed by atoms with Crippen LogP contribution in [0.15, 0.2) is 194 Å². The Morgan fingerprint density at radius 1 is 0.368 bits per heavy atom. The Balaban J connectivity index is 1.13. The van der Waals surface area contributed by atoms with E-state index in [2.05, 4.69) is 212 Å². The fourth-order valence-electron chi connectivity index (χ4n) is 13.8. The molecule has 0 radical (unpaired) electrons. The van der Waals surface area contributed by atoms with Crippen LogP contribution >= 0.6 is 0 Å². The molecule has 4 heteroatoms. The Hall–Kier alpha value is -8.34. The van der Waals surface area contributed by atoms with Crippen molar-refractivity contribution < 1.29 is 16.4 Å². The van der Waals surface area contributed by atoms with Crippen molar-refractivity contribution in [3.63, 3.8) is 0 Å². The number of hydrogen-bond acceptors (Lipinski definition) is 3. The third kappa shape index (κ3) is 9.74. The van der Waals surface area contributed by atoms with Crippen LogP contribution in [0.2, 0.25) is 0 Å². The van der Waals surface area contributed by atoms with Crippen molar-refractivity contribution >= 4 is 74.3 Å². The first kappa shape index (κ1) is 45.0. The number of fused-ring (bicyclic) bond motifs is 7. The highest BCUT2D eigenvalue weighted by Gasteiger charge is 2.46. The lowest BCUT2D eigenvalue weighted by molar-refractivity contribution is 0.589. The van der Waals surface area contributed by atoms with Gasteiger partial charge in [0.1, 0.15) is 0 Å². The molecule has 0 spiro atoms. The summed E-state index contributed by atoms with van der Waals surface area (Å²) in [6.45, 7) is 19.1. The highest BCUT2D eigenvalue weighted by Crippen LogP contribution is 2.53. The van der Waals surface area contributed by atoms with Gasteiger partial charge in [-0.05, 0) is 233 Å². The lowest BCUT2D eigenvalue weighted by Gasteiger charge is -2.45. The number of anilines is 9. The first-order valence-electron chi connectivity index (χ1n) is 36.7. The van der Waals surface area contributed by atoms with Crippen LogP contribution < -0.4 is 31.1 Å². The molecule has 0 saturated carbocycles. The quantitative estimate of drug-likeness (QED) is 0.147. The van der Waals surface area contributed by atoms with Crippen LogP contribution in [0.4, 0.5) is 51.2 Å². The molecule has 0 saturated heterocycles. The third-order valence-corrected chi connectivity index (χ3v) is 18.8. The fourth-order valence-corrected chi connectivity index (χ4v) is 13.8. The van der Waals surface area contributed by atoms with E-state index in [-0.39, 0.29) is 49.6 Å². The summed E-state index contributed by atoms with van der Waals surface area (Å²) >= 11 is 0. The summed E-state index contributed by atoms with van der Waals surface area (Å²) in [7, 11) is 0. The number of hydrogen-bond donors (Lipinski definition) is 0. The molecule has 0 atom stereocenters. The van der Waals surface area contributed by atoms with Gasteiger partial charge in [-0.1, -0.05) is 212 Å². The maximum Gasteiger partial charge on any atom is 0.252 e. The van der Waals surface area contributed by atoms with Crippen LogP contribution in [-0.2, 0) is 27.1 Å². The molecule has 87 heavy (non-hydrogen) atoms. The smallest absolute Gasteiger partial charge is 0.252 e. The van der Waals surface area contributed by atoms with E-state index in [9.17, 15) is 0 Å². The second-order valence-corrected chi connectivity index (χ2v) is 29.1. The summed E-state index contributed by atoms with van der Waals surface area (Å²) < 4.78 is 107. The molecule has 1 aliphatic carbocycles. The van der Waals surface area contributed by atoms with E-state index in [1.807, 2.05) is 63.2 Å². The number of nitrogens with zero attached hydrogens (tertiary/aromatic N) is 3. The van der Waals surface area contributed by atoms with Gasteiger partial charge in [-0.25, -0.2) is 0 Å². The van der Waals surface area contributed by atoms with E-state index < -0.39 is 45.0 Å². The predicted octanol–water partition coefficient (Wildman–Crippen LogP) is 21.3. The molecule has 10 aromatic carbocycles. The van der Waals surface area contributed by atoms with E-state index in [1.54, 1.807) is 12.1 Å². The Kier molecular flexibility index (Phi) is 10.5. The highest BCUT2D eigenvalue weighted by atomic mass is 15.2. The molecule has 3 nitrogen and oxygen atoms in total. The Bertz CT molecular complexity index is 4730. The van der Waals surface area contributed by atoms with Gasteiger partial charge >= 0.3 is 0 Å². The molecule has 0 amide bonds. The van der Waals surface area contributed by atoms with Gasteiger partial charge in [-0.2, -0.15) is 0 Å². The summed E-state index contributed by atoms with van der Waals surface area (Å²) in [6, 6.07) is 65.6. The SMILES string of the molecule is [2H]C([2H])([2H])c1cccc(C([2H])([2H])[2H])c1-c1ccc2c(c1)B1c3ccc(N(c4ccc(C(C)(C)C)cc4)c4ccc(C(C)(C)C)cc4)cc3N(c3ccc4c(c3)C(C)(C)c3ccccc3-4)c3cc(C(C)(C)C)cc(c31)N2c1ccc(-c2c(C([2H])([2H])[2H])cc(C(C)(C)C)cc2C([2H])([2H])[2H])cc1. The summed E-state index contributed by atoms with van der Waals surface area (Å²) in [5, 5.41) is 0. The van der Waals surface area contributed by atoms with Gasteiger partial charge in [-0.15, -0.1) is 0 Å². The van der Waals surface area contributed by atoms with Gasteiger partial charge in [-0.3, -0.25) is 0 Å². The number of benzene rings is 10. The van der Waals surface area contributed by atoms with Crippen molar-refractivity contribution in [1.82, 2.24) is 0 Å². The molecule has 0 unspecified atom stereocenters. The molecule has 436 valence electrons. The third-order valence-electron chi connectivity index (χ3n) is 18.8. The lowest BCUT2D eigenvalue weighted by Crippen LogP contribution is -2.61. The normalized spacial score (nSPS) is 16.7. The highest BCUT2D eigenvalue weighted by molar-refractivity contribution is 7.00. The van der Waals surface area contributed by atoms with Crippen molar-refractivity contribution in [2.24, 2.45) is 0 Å². The summed E-state index contributed by atoms with van der Waals surface area (Å²) in [4.78, 5) is 6.96. The Morgan fingerprint density at radius 2 is 0.862 bits per heavy atom. The Morgan fingerprint density at radius 3 is 1.43 bits per heavy atom. The van der Waals surface area contributed by atoms with Crippen molar-refractivity contribution in [3.05, 3.63) is 250 Å². The standard InChI is InChI=1S/C83H86BN3/c1-51-22-21-23-52(2)76(51)56-28-43-72-71(46-56)84-70-42-40-65(85(61-35-29-57(30-36-61)79(5,6)7)62-37-31-58(32-38-62)80(8,9)10)50-73(70)87(64-39-41-67-66-24-19-20-25-68(66)83(17,18)69(67)49-64)75-48-60(82(14,15)16)47-74(78(75)84)86(72)63-33-26-55(27-34-63)77-53(3)44-59(45-54(77)4)81(11,12)13/h19-50H,1-18H3/i1D3,2D3,3D3,4D3. The second-order valence-electron chi connectivity index (χ2n) is 29.1. The van der Waals surface area contributed by atoms with Gasteiger partial charge in [0.2, 0.25) is 0 Å². The zero-order valence-electron chi connectivity index (χ0n) is 64.9. The molecular formula is C83H86BN3. The number of rotatable bonds is 7. The van der Waals surface area contributed by atoms with Crippen LogP contribution in [0.5, 0.6) is 0 Å². The van der Waals surface area contributed by atoms with E-state index in [0.717, 1.165) is 67.5 Å². The summed E-state index contributed by atoms with van der Waals surface area (Å²) in [5.41, 5.74) is 18.7. The molecule has 0 fully saturated rings. The van der Waals surface area contributed by atoms with Gasteiger partial charge in [0.15, 0.2) is 0 Å². The minimum Gasteiger partial charge on any atom is -0.311 e. The maximum absolute atomic E-state index is 8.92. The van der Waals surface area contributed by atoms with E-state index in [0.29, 0.717) is 22.4 Å². The molecule has 2 heterocycles. The van der Waals surface area contributed by atoms with Crippen LogP contribution in [0.1, 0.15) is 169 Å². The largest absolute Gasteiger partial charge is 0.311 e. The minimum atomic E-state index is -2.69. The monoisotopic (exact) mass is 1150 g/mol. The van der Waals surface area contributed by atoms with E-state index in [1.165, 1.54) is 51.6 Å². The fraction of sp³-hybridized carbons (Fsp3) is 0.277. The average molecular weight is 1150 g/mol. The van der Waals surface area contributed by atoms with Gasteiger partial charge < -0.3 is 14.7 Å². The molecule has 3 aliphatic rings. The molecule has 0 N–H and O–H groups in total. The molecule has 0 bridgehead atoms. The van der Waals surface area contributed by atoms with Crippen molar-refractivity contribution in [3.8, 4) is 33.4 Å². The summed E-state index contributed by atoms with van der Waals surface area (Å²) in [6.07, 6.45) is 0. The van der Waals surface area contributed by atoms with Crippen molar-refractivity contribution in [1.29, 1.82) is 0 Å². The van der Waals surface area contributed by atoms with Gasteiger partial charge in [0.25, 0.3) is 6.71 Å². The first-order valence-corrected chi connectivity index (χ1v) is 30.7.